The molecule has 4 nitrogen and oxygen atoms in total. The van der Waals surface area contributed by atoms with Crippen LogP contribution in [0, 0.1) is 12.7 Å². The van der Waals surface area contributed by atoms with Crippen molar-refractivity contribution < 1.29 is 9.18 Å². The molecule has 0 fully saturated rings. The fourth-order valence-electron chi connectivity index (χ4n) is 2.25. The van der Waals surface area contributed by atoms with Crippen LogP contribution in [0.5, 0.6) is 0 Å². The Labute approximate surface area is 137 Å². The van der Waals surface area contributed by atoms with Gasteiger partial charge in [0.15, 0.2) is 5.69 Å². The average molecular weight is 329 g/mol. The van der Waals surface area contributed by atoms with Gasteiger partial charge >= 0.3 is 0 Å². The molecule has 0 unspecified atom stereocenters. The molecule has 1 aromatic carbocycles. The van der Waals surface area contributed by atoms with E-state index in [0.717, 1.165) is 16.1 Å². The molecule has 1 atom stereocenters. The monoisotopic (exact) mass is 329 g/mol. The van der Waals surface area contributed by atoms with E-state index in [2.05, 4.69) is 15.5 Å². The highest BCUT2D eigenvalue weighted by atomic mass is 32.1. The lowest BCUT2D eigenvalue weighted by Gasteiger charge is -2.13. The maximum atomic E-state index is 12.9. The maximum absolute atomic E-state index is 12.9. The normalized spacial score (nSPS) is 12.1. The zero-order valence-corrected chi connectivity index (χ0v) is 13.6. The van der Waals surface area contributed by atoms with Gasteiger partial charge in [0.05, 0.1) is 16.6 Å². The molecule has 3 aromatic rings. The number of hydrogen-bond donors (Lipinski definition) is 2. The number of nitrogens with zero attached hydrogens (tertiary/aromatic N) is 1. The molecule has 2 aromatic heterocycles. The van der Waals surface area contributed by atoms with E-state index in [-0.39, 0.29) is 17.8 Å². The number of amides is 1. The molecule has 2 N–H and O–H groups in total. The van der Waals surface area contributed by atoms with Gasteiger partial charge in [0.1, 0.15) is 5.82 Å². The summed E-state index contributed by atoms with van der Waals surface area (Å²) < 4.78 is 12.9. The Morgan fingerprint density at radius 1 is 1.26 bits per heavy atom. The second-order valence-electron chi connectivity index (χ2n) is 5.32. The van der Waals surface area contributed by atoms with Crippen molar-refractivity contribution >= 4 is 17.2 Å². The van der Waals surface area contributed by atoms with Crippen LogP contribution in [0.1, 0.15) is 33.9 Å². The van der Waals surface area contributed by atoms with Gasteiger partial charge in [0.25, 0.3) is 5.91 Å². The molecule has 2 heterocycles. The Hall–Kier alpha value is -2.47. The fraction of sp³-hybridized carbons (Fsp3) is 0.176. The molecule has 0 saturated heterocycles. The van der Waals surface area contributed by atoms with Crippen LogP contribution in [0.15, 0.2) is 42.5 Å². The Bertz CT molecular complexity index is 822. The number of aromatic nitrogens is 2. The molecule has 0 saturated carbocycles. The Kier molecular flexibility index (Phi) is 4.25. The second kappa shape index (κ2) is 6.34. The van der Waals surface area contributed by atoms with Crippen molar-refractivity contribution in [2.45, 2.75) is 19.9 Å². The van der Waals surface area contributed by atoms with Gasteiger partial charge in [-0.25, -0.2) is 4.39 Å². The number of halogens is 1. The van der Waals surface area contributed by atoms with Crippen molar-refractivity contribution in [1.29, 1.82) is 0 Å². The molecular formula is C17H16FN3OS. The third kappa shape index (κ3) is 3.48. The van der Waals surface area contributed by atoms with E-state index in [1.165, 1.54) is 17.0 Å². The van der Waals surface area contributed by atoms with Gasteiger partial charge in [0.2, 0.25) is 0 Å². The Morgan fingerprint density at radius 3 is 2.65 bits per heavy atom. The SMILES string of the molecule is Cc1ccc(-c2cc(C(=O)N[C@@H](C)c3ccc(F)cc3)n[nH]2)s1. The number of aromatic amines is 1. The van der Waals surface area contributed by atoms with Gasteiger partial charge in [-0.1, -0.05) is 12.1 Å². The van der Waals surface area contributed by atoms with Crippen LogP contribution in [0.3, 0.4) is 0 Å². The van der Waals surface area contributed by atoms with Crippen molar-refractivity contribution in [3.8, 4) is 10.6 Å². The number of H-pyrrole nitrogens is 1. The zero-order valence-electron chi connectivity index (χ0n) is 12.8. The minimum atomic E-state index is -0.296. The summed E-state index contributed by atoms with van der Waals surface area (Å²) in [7, 11) is 0. The topological polar surface area (TPSA) is 57.8 Å². The minimum absolute atomic E-state index is 0.229. The summed E-state index contributed by atoms with van der Waals surface area (Å²) in [6, 6.07) is 11.6. The molecule has 0 aliphatic rings. The smallest absolute Gasteiger partial charge is 0.272 e. The van der Waals surface area contributed by atoms with Crippen LogP contribution in [-0.2, 0) is 0 Å². The molecule has 0 radical (unpaired) electrons. The van der Waals surface area contributed by atoms with E-state index < -0.39 is 0 Å². The highest BCUT2D eigenvalue weighted by Crippen LogP contribution is 2.26. The first-order chi connectivity index (χ1) is 11.0. The van der Waals surface area contributed by atoms with Crippen LogP contribution in [-0.4, -0.2) is 16.1 Å². The number of nitrogens with one attached hydrogen (secondary N) is 2. The summed E-state index contributed by atoms with van der Waals surface area (Å²) in [5, 5.41) is 9.82. The van der Waals surface area contributed by atoms with E-state index in [1.807, 2.05) is 26.0 Å². The van der Waals surface area contributed by atoms with Crippen molar-refractivity contribution in [2.24, 2.45) is 0 Å². The lowest BCUT2D eigenvalue weighted by molar-refractivity contribution is 0.0935. The van der Waals surface area contributed by atoms with Gasteiger partial charge in [-0.2, -0.15) is 5.10 Å². The number of hydrogen-bond acceptors (Lipinski definition) is 3. The van der Waals surface area contributed by atoms with Crippen molar-refractivity contribution in [3.63, 3.8) is 0 Å². The number of aryl methyl sites for hydroxylation is 1. The summed E-state index contributed by atoms with van der Waals surface area (Å²) in [4.78, 5) is 14.5. The first-order valence-electron chi connectivity index (χ1n) is 7.21. The number of carbonyl (C=O) groups excluding carboxylic acids is 1. The predicted molar refractivity (Wildman–Crippen MR) is 88.9 cm³/mol. The number of rotatable bonds is 4. The summed E-state index contributed by atoms with van der Waals surface area (Å²) in [6.45, 7) is 3.88. The molecule has 0 spiro atoms. The van der Waals surface area contributed by atoms with Crippen LogP contribution in [0.2, 0.25) is 0 Å². The zero-order chi connectivity index (χ0) is 16.4. The van der Waals surface area contributed by atoms with Crippen LogP contribution < -0.4 is 5.32 Å². The number of benzene rings is 1. The Morgan fingerprint density at radius 2 is 2.00 bits per heavy atom. The molecular weight excluding hydrogens is 313 g/mol. The van der Waals surface area contributed by atoms with Crippen molar-refractivity contribution in [3.05, 3.63) is 64.4 Å². The molecule has 3 rings (SSSR count). The highest BCUT2D eigenvalue weighted by Gasteiger charge is 2.15. The Balaban J connectivity index is 1.71. The summed E-state index contributed by atoms with van der Waals surface area (Å²) in [5.41, 5.74) is 1.99. The molecule has 1 amide bonds. The summed E-state index contributed by atoms with van der Waals surface area (Å²) in [6.07, 6.45) is 0. The quantitative estimate of drug-likeness (QED) is 0.758. The second-order valence-corrected chi connectivity index (χ2v) is 6.61. The lowest BCUT2D eigenvalue weighted by Crippen LogP contribution is -2.26. The molecule has 118 valence electrons. The van der Waals surface area contributed by atoms with Crippen molar-refractivity contribution in [1.82, 2.24) is 15.5 Å². The number of carbonyl (C=O) groups is 1. The molecule has 23 heavy (non-hydrogen) atoms. The van der Waals surface area contributed by atoms with Gasteiger partial charge in [0, 0.05) is 4.88 Å². The molecule has 0 aliphatic carbocycles. The van der Waals surface area contributed by atoms with E-state index in [9.17, 15) is 9.18 Å². The van der Waals surface area contributed by atoms with E-state index in [1.54, 1.807) is 29.5 Å². The minimum Gasteiger partial charge on any atom is -0.344 e. The van der Waals surface area contributed by atoms with Crippen LogP contribution in [0.4, 0.5) is 4.39 Å². The number of thiophene rings is 1. The third-order valence-electron chi connectivity index (χ3n) is 3.53. The summed E-state index contributed by atoms with van der Waals surface area (Å²) in [5.74, 6) is -0.562. The highest BCUT2D eigenvalue weighted by molar-refractivity contribution is 7.15. The lowest BCUT2D eigenvalue weighted by atomic mass is 10.1. The molecule has 0 bridgehead atoms. The maximum Gasteiger partial charge on any atom is 0.272 e. The average Bonchev–Trinajstić information content (AvgIpc) is 3.16. The van der Waals surface area contributed by atoms with Gasteiger partial charge in [-0.3, -0.25) is 9.89 Å². The van der Waals surface area contributed by atoms with Gasteiger partial charge in [-0.05, 0) is 49.7 Å². The fourth-order valence-corrected chi connectivity index (χ4v) is 3.08. The van der Waals surface area contributed by atoms with Gasteiger partial charge < -0.3 is 5.32 Å². The first kappa shape index (κ1) is 15.4. The molecule has 6 heteroatoms. The van der Waals surface area contributed by atoms with Crippen molar-refractivity contribution in [2.75, 3.05) is 0 Å². The summed E-state index contributed by atoms with van der Waals surface area (Å²) >= 11 is 1.64. The van der Waals surface area contributed by atoms with E-state index in [4.69, 9.17) is 0 Å². The van der Waals surface area contributed by atoms with Crippen LogP contribution >= 0.6 is 11.3 Å². The predicted octanol–water partition coefficient (Wildman–Crippen LogP) is 4.08. The largest absolute Gasteiger partial charge is 0.344 e. The first-order valence-corrected chi connectivity index (χ1v) is 8.03. The molecule has 0 aliphatic heterocycles. The third-order valence-corrected chi connectivity index (χ3v) is 4.57. The van der Waals surface area contributed by atoms with Gasteiger partial charge in [-0.15, -0.1) is 11.3 Å². The van der Waals surface area contributed by atoms with E-state index in [0.29, 0.717) is 5.69 Å². The van der Waals surface area contributed by atoms with Crippen LogP contribution in [0.25, 0.3) is 10.6 Å². The standard InChI is InChI=1S/C17H16FN3OS/c1-10-3-8-16(23-10)14-9-15(21-20-14)17(22)19-11(2)12-4-6-13(18)7-5-12/h3-9,11H,1-2H3,(H,19,22)(H,20,21)/t11-/m0/s1. The van der Waals surface area contributed by atoms with E-state index >= 15 is 0 Å².